The van der Waals surface area contributed by atoms with E-state index in [-0.39, 0.29) is 23.8 Å². The van der Waals surface area contributed by atoms with Gasteiger partial charge in [-0.2, -0.15) is 0 Å². The molecule has 0 bridgehead atoms. The molecular weight excluding hydrogens is 555 g/mol. The summed E-state index contributed by atoms with van der Waals surface area (Å²) in [6, 6.07) is 16.8. The highest BCUT2D eigenvalue weighted by atomic mass is 32.1. The van der Waals surface area contributed by atoms with Gasteiger partial charge < -0.3 is 19.5 Å². The van der Waals surface area contributed by atoms with Crippen LogP contribution in [0.3, 0.4) is 0 Å². The van der Waals surface area contributed by atoms with Crippen molar-refractivity contribution in [2.24, 2.45) is 0 Å². The van der Waals surface area contributed by atoms with Crippen LogP contribution in [0.1, 0.15) is 19.3 Å². The molecule has 1 saturated heterocycles. The molecule has 0 aliphatic carbocycles. The summed E-state index contributed by atoms with van der Waals surface area (Å²) in [6.45, 7) is 3.04. The molecule has 0 saturated carbocycles. The number of nitrogens with zero attached hydrogens (tertiary/aromatic N) is 5. The van der Waals surface area contributed by atoms with E-state index in [2.05, 4.69) is 24.8 Å². The first kappa shape index (κ1) is 27.6. The van der Waals surface area contributed by atoms with E-state index in [1.807, 2.05) is 36.8 Å². The zero-order valence-corrected chi connectivity index (χ0v) is 23.8. The second-order valence-electron chi connectivity index (χ2n) is 10.1. The predicted molar refractivity (Wildman–Crippen MR) is 161 cm³/mol. The van der Waals surface area contributed by atoms with Gasteiger partial charge in [-0.05, 0) is 56.3 Å². The lowest BCUT2D eigenvalue weighted by atomic mass is 10.2. The van der Waals surface area contributed by atoms with Gasteiger partial charge in [-0.25, -0.2) is 9.37 Å². The van der Waals surface area contributed by atoms with E-state index in [0.717, 1.165) is 40.5 Å². The average Bonchev–Trinajstić information content (AvgIpc) is 3.76. The molecule has 11 heteroatoms. The molecular formula is C31H29FN6O3S. The lowest BCUT2D eigenvalue weighted by Gasteiger charge is -2.17. The van der Waals surface area contributed by atoms with Gasteiger partial charge in [0.15, 0.2) is 11.6 Å². The number of hydrogen-bond acceptors (Lipinski definition) is 7. The molecule has 5 aromatic rings. The summed E-state index contributed by atoms with van der Waals surface area (Å²) in [5.41, 5.74) is 2.49. The van der Waals surface area contributed by atoms with E-state index in [9.17, 15) is 9.59 Å². The number of carbonyl (C=O) groups is 2. The number of thiophene rings is 1. The first-order valence-electron chi connectivity index (χ1n) is 13.6. The third-order valence-corrected chi connectivity index (χ3v) is 8.25. The molecule has 0 spiro atoms. The van der Waals surface area contributed by atoms with Crippen molar-refractivity contribution in [3.63, 3.8) is 0 Å². The smallest absolute Gasteiger partial charge is 0.236 e. The fourth-order valence-electron chi connectivity index (χ4n) is 4.88. The summed E-state index contributed by atoms with van der Waals surface area (Å²) in [5.74, 6) is -1.10. The van der Waals surface area contributed by atoms with Gasteiger partial charge in [0, 0.05) is 42.9 Å². The van der Waals surface area contributed by atoms with Gasteiger partial charge in [-0.3, -0.25) is 19.5 Å². The van der Waals surface area contributed by atoms with Gasteiger partial charge >= 0.3 is 0 Å². The number of nitrogens with one attached hydrogen (secondary N) is 1. The Morgan fingerprint density at radius 1 is 1.05 bits per heavy atom. The molecule has 4 heterocycles. The second-order valence-corrected chi connectivity index (χ2v) is 11.2. The summed E-state index contributed by atoms with van der Waals surface area (Å²) < 4.78 is 23.9. The highest BCUT2D eigenvalue weighted by Crippen LogP contribution is 2.39. The van der Waals surface area contributed by atoms with Crippen LogP contribution in [0, 0.1) is 5.82 Å². The monoisotopic (exact) mass is 584 g/mol. The summed E-state index contributed by atoms with van der Waals surface area (Å²) in [6.07, 6.45) is 7.59. The number of para-hydroxylation sites is 1. The number of halogens is 1. The summed E-state index contributed by atoms with van der Waals surface area (Å²) in [7, 11) is 1.60. The van der Waals surface area contributed by atoms with Gasteiger partial charge in [-0.15, -0.1) is 11.3 Å². The molecule has 1 fully saturated rings. The number of likely N-dealkylation sites (tertiary alicyclic amines) is 1. The molecule has 0 atom stereocenters. The number of amides is 2. The zero-order valence-electron chi connectivity index (χ0n) is 23.0. The van der Waals surface area contributed by atoms with Crippen LogP contribution in [0.2, 0.25) is 0 Å². The first-order valence-corrected chi connectivity index (χ1v) is 14.5. The molecule has 0 radical (unpaired) electrons. The molecule has 3 aromatic heterocycles. The van der Waals surface area contributed by atoms with Crippen molar-refractivity contribution < 1.29 is 18.7 Å². The summed E-state index contributed by atoms with van der Waals surface area (Å²) >= 11 is 1.48. The maximum absolute atomic E-state index is 15.1. The van der Waals surface area contributed by atoms with Crippen molar-refractivity contribution in [3.05, 3.63) is 85.2 Å². The van der Waals surface area contributed by atoms with E-state index in [4.69, 9.17) is 4.74 Å². The van der Waals surface area contributed by atoms with Gasteiger partial charge in [0.2, 0.25) is 11.8 Å². The topological polar surface area (TPSA) is 92.6 Å². The summed E-state index contributed by atoms with van der Waals surface area (Å²) in [5, 5.41) is 2.58. The Balaban J connectivity index is 1.12. The fraction of sp³-hybridized carbons (Fsp3) is 0.226. The van der Waals surface area contributed by atoms with Crippen LogP contribution >= 0.6 is 11.3 Å². The Morgan fingerprint density at radius 2 is 1.86 bits per heavy atom. The third-order valence-electron chi connectivity index (χ3n) is 7.09. The largest absolute Gasteiger partial charge is 0.453 e. The third kappa shape index (κ3) is 6.17. The van der Waals surface area contributed by atoms with Crippen molar-refractivity contribution in [2.45, 2.75) is 25.9 Å². The zero-order chi connectivity index (χ0) is 29.1. The van der Waals surface area contributed by atoms with Gasteiger partial charge in [0.05, 0.1) is 33.8 Å². The van der Waals surface area contributed by atoms with E-state index in [1.165, 1.54) is 47.3 Å². The molecule has 1 aliphatic rings. The minimum absolute atomic E-state index is 0.00484. The minimum atomic E-state index is -0.650. The van der Waals surface area contributed by atoms with Crippen LogP contribution in [0.5, 0.6) is 11.5 Å². The van der Waals surface area contributed by atoms with Crippen LogP contribution in [-0.2, 0) is 16.3 Å². The normalized spacial score (nSPS) is 13.4. The Kier molecular flexibility index (Phi) is 7.93. The van der Waals surface area contributed by atoms with Crippen molar-refractivity contribution >= 4 is 44.7 Å². The highest BCUT2D eigenvalue weighted by molar-refractivity contribution is 7.22. The number of anilines is 2. The quantitative estimate of drug-likeness (QED) is 0.209. The highest BCUT2D eigenvalue weighted by Gasteiger charge is 2.18. The van der Waals surface area contributed by atoms with Crippen molar-refractivity contribution in [1.82, 2.24) is 19.4 Å². The Morgan fingerprint density at radius 3 is 2.64 bits per heavy atom. The average molecular weight is 585 g/mol. The lowest BCUT2D eigenvalue weighted by molar-refractivity contribution is -0.125. The van der Waals surface area contributed by atoms with E-state index in [1.54, 1.807) is 31.4 Å². The van der Waals surface area contributed by atoms with Gasteiger partial charge in [0.1, 0.15) is 12.2 Å². The molecule has 9 nitrogen and oxygen atoms in total. The van der Waals surface area contributed by atoms with Crippen LogP contribution in [0.15, 0.2) is 79.4 Å². The van der Waals surface area contributed by atoms with Crippen molar-refractivity contribution in [2.75, 3.05) is 30.4 Å². The number of pyridine rings is 1. The van der Waals surface area contributed by atoms with E-state index in [0.29, 0.717) is 11.4 Å². The number of fused-ring (bicyclic) bond motifs is 1. The van der Waals surface area contributed by atoms with Crippen LogP contribution in [0.4, 0.5) is 15.8 Å². The first-order chi connectivity index (χ1) is 20.4. The number of hydrogen-bond donors (Lipinski definition) is 1. The molecule has 2 amide bonds. The standard InChI is InChI=1S/C31H29FN6O3S/c1-36(22-7-3-2-4-8-22)30(40)17-29(39)35-21-9-10-26(23(32)15-21)41-27-11-12-33-24-16-28(42-31(24)27)25-18-38(19-34-25)20-37-13-5-6-14-37/h2-4,7-12,15-16,18-19H,5-6,13-14,17,20H2,1H3,(H,35,39). The minimum Gasteiger partial charge on any atom is -0.453 e. The lowest BCUT2D eigenvalue weighted by Crippen LogP contribution is -2.30. The van der Waals surface area contributed by atoms with Crippen molar-refractivity contribution in [3.8, 4) is 22.1 Å². The number of aromatic nitrogens is 3. The fourth-order valence-corrected chi connectivity index (χ4v) is 5.90. The van der Waals surface area contributed by atoms with Crippen LogP contribution in [0.25, 0.3) is 20.8 Å². The SMILES string of the molecule is CN(C(=O)CC(=O)Nc1ccc(Oc2ccnc3cc(-c4cn(CN5CCCC5)cn4)sc23)c(F)c1)c1ccccc1. The van der Waals surface area contributed by atoms with E-state index >= 15 is 4.39 Å². The molecule has 6 rings (SSSR count). The van der Waals surface area contributed by atoms with E-state index < -0.39 is 11.7 Å². The Labute approximate surface area is 246 Å². The Hall–Kier alpha value is -4.61. The maximum Gasteiger partial charge on any atom is 0.236 e. The van der Waals surface area contributed by atoms with Crippen LogP contribution < -0.4 is 15.0 Å². The number of benzene rings is 2. The van der Waals surface area contributed by atoms with Crippen molar-refractivity contribution in [1.29, 1.82) is 0 Å². The maximum atomic E-state index is 15.1. The predicted octanol–water partition coefficient (Wildman–Crippen LogP) is 6.14. The number of imidazole rings is 1. The van der Waals surface area contributed by atoms with Crippen LogP contribution in [-0.4, -0.2) is 51.4 Å². The molecule has 1 aliphatic heterocycles. The molecule has 2 aromatic carbocycles. The Bertz CT molecular complexity index is 1730. The molecule has 42 heavy (non-hydrogen) atoms. The molecule has 0 unspecified atom stereocenters. The number of ether oxygens (including phenoxy) is 1. The number of carbonyl (C=O) groups excluding carboxylic acids is 2. The number of rotatable bonds is 9. The molecule has 214 valence electrons. The van der Waals surface area contributed by atoms with Gasteiger partial charge in [0.25, 0.3) is 0 Å². The molecule has 1 N–H and O–H groups in total. The second kappa shape index (κ2) is 12.1. The summed E-state index contributed by atoms with van der Waals surface area (Å²) in [4.78, 5) is 38.8. The van der Waals surface area contributed by atoms with Gasteiger partial charge in [-0.1, -0.05) is 18.2 Å².